The van der Waals surface area contributed by atoms with E-state index in [1.54, 1.807) is 23.5 Å². The second kappa shape index (κ2) is 6.02. The molecule has 2 aromatic carbocycles. The zero-order valence-corrected chi connectivity index (χ0v) is 13.9. The summed E-state index contributed by atoms with van der Waals surface area (Å²) in [4.78, 5) is 0.941. The first-order valence-corrected chi connectivity index (χ1v) is 8.18. The van der Waals surface area contributed by atoms with Gasteiger partial charge in [-0.1, -0.05) is 35.9 Å². The maximum atomic E-state index is 14.4. The number of hydrazine groups is 1. The molecule has 0 radical (unpaired) electrons. The second-order valence-electron chi connectivity index (χ2n) is 4.55. The summed E-state index contributed by atoms with van der Waals surface area (Å²) in [5.41, 5.74) is 3.11. The smallest absolute Gasteiger partial charge is 0.148 e. The lowest BCUT2D eigenvalue weighted by molar-refractivity contribution is 0.564. The van der Waals surface area contributed by atoms with Crippen LogP contribution in [0.2, 0.25) is 5.02 Å². The van der Waals surface area contributed by atoms with Crippen molar-refractivity contribution < 1.29 is 4.39 Å². The van der Waals surface area contributed by atoms with Gasteiger partial charge in [0.1, 0.15) is 5.82 Å². The van der Waals surface area contributed by atoms with Crippen LogP contribution in [0.25, 0.3) is 10.1 Å². The van der Waals surface area contributed by atoms with Crippen molar-refractivity contribution in [3.63, 3.8) is 0 Å². The molecule has 3 rings (SSSR count). The van der Waals surface area contributed by atoms with Gasteiger partial charge in [-0.05, 0) is 39.5 Å². The molecule has 108 valence electrons. The highest BCUT2D eigenvalue weighted by Gasteiger charge is 2.21. The lowest BCUT2D eigenvalue weighted by Gasteiger charge is -2.16. The van der Waals surface area contributed by atoms with Gasteiger partial charge < -0.3 is 0 Å². The van der Waals surface area contributed by atoms with Crippen molar-refractivity contribution in [2.24, 2.45) is 5.84 Å². The lowest BCUT2D eigenvalue weighted by Crippen LogP contribution is -2.29. The van der Waals surface area contributed by atoms with Crippen molar-refractivity contribution in [1.82, 2.24) is 5.43 Å². The number of nitrogens with one attached hydrogen (secondary N) is 1. The summed E-state index contributed by atoms with van der Waals surface area (Å²) in [6.45, 7) is 0. The van der Waals surface area contributed by atoms with Crippen molar-refractivity contribution in [3.05, 3.63) is 68.2 Å². The summed E-state index contributed by atoms with van der Waals surface area (Å²) >= 11 is 10.8. The average molecular weight is 386 g/mol. The highest BCUT2D eigenvalue weighted by Crippen LogP contribution is 2.36. The van der Waals surface area contributed by atoms with E-state index in [4.69, 9.17) is 17.4 Å². The fourth-order valence-electron chi connectivity index (χ4n) is 2.23. The molecule has 1 atom stereocenters. The Morgan fingerprint density at radius 3 is 2.71 bits per heavy atom. The monoisotopic (exact) mass is 384 g/mol. The first kappa shape index (κ1) is 14.9. The number of hydrogen-bond acceptors (Lipinski definition) is 3. The normalized spacial score (nSPS) is 12.8. The summed E-state index contributed by atoms with van der Waals surface area (Å²) < 4.78 is 16.0. The van der Waals surface area contributed by atoms with Crippen molar-refractivity contribution in [3.8, 4) is 0 Å². The van der Waals surface area contributed by atoms with Crippen molar-refractivity contribution in [1.29, 1.82) is 0 Å². The molecule has 3 aromatic rings. The molecule has 1 aromatic heterocycles. The maximum Gasteiger partial charge on any atom is 0.148 e. The van der Waals surface area contributed by atoms with E-state index in [1.165, 1.54) is 0 Å². The van der Waals surface area contributed by atoms with Crippen LogP contribution in [-0.4, -0.2) is 0 Å². The molecule has 3 N–H and O–H groups in total. The minimum atomic E-state index is -0.466. The molecule has 0 saturated heterocycles. The van der Waals surface area contributed by atoms with Crippen LogP contribution in [0.1, 0.15) is 16.5 Å². The number of thiophene rings is 1. The van der Waals surface area contributed by atoms with Gasteiger partial charge in [0.05, 0.1) is 11.1 Å². The average Bonchev–Trinajstić information content (AvgIpc) is 2.91. The summed E-state index contributed by atoms with van der Waals surface area (Å²) in [6.07, 6.45) is 0. The fraction of sp³-hybridized carbons (Fsp3) is 0.0667. The molecule has 1 unspecified atom stereocenters. The zero-order valence-electron chi connectivity index (χ0n) is 10.7. The van der Waals surface area contributed by atoms with E-state index in [-0.39, 0.29) is 5.02 Å². The molecular weight excluding hydrogens is 375 g/mol. The predicted molar refractivity (Wildman–Crippen MR) is 90.1 cm³/mol. The van der Waals surface area contributed by atoms with Crippen LogP contribution in [0, 0.1) is 5.82 Å². The molecule has 0 aliphatic carbocycles. The van der Waals surface area contributed by atoms with Crippen LogP contribution in [0.3, 0.4) is 0 Å². The van der Waals surface area contributed by atoms with Crippen molar-refractivity contribution in [2.75, 3.05) is 0 Å². The third kappa shape index (κ3) is 2.72. The summed E-state index contributed by atoms with van der Waals surface area (Å²) in [7, 11) is 0. The number of halogens is 3. The molecule has 0 aliphatic heterocycles. The van der Waals surface area contributed by atoms with Gasteiger partial charge in [0.15, 0.2) is 0 Å². The SMILES string of the molecule is NNC(c1cc2ccccc2s1)c1ccc(Br)c(Cl)c1F. The summed E-state index contributed by atoms with van der Waals surface area (Å²) in [5, 5.41) is 1.18. The lowest BCUT2D eigenvalue weighted by atomic mass is 10.0. The number of hydrogen-bond donors (Lipinski definition) is 2. The van der Waals surface area contributed by atoms with E-state index in [0.717, 1.165) is 15.0 Å². The second-order valence-corrected chi connectivity index (χ2v) is 6.90. The van der Waals surface area contributed by atoms with Crippen LogP contribution in [0.15, 0.2) is 46.9 Å². The number of nitrogens with two attached hydrogens (primary N) is 1. The quantitative estimate of drug-likeness (QED) is 0.378. The zero-order chi connectivity index (χ0) is 15.0. The minimum Gasteiger partial charge on any atom is -0.271 e. The Balaban J connectivity index is 2.12. The molecule has 21 heavy (non-hydrogen) atoms. The summed E-state index contributed by atoms with van der Waals surface area (Å²) in [5.74, 6) is 5.18. The fourth-order valence-corrected chi connectivity index (χ4v) is 3.86. The Morgan fingerprint density at radius 2 is 2.00 bits per heavy atom. The minimum absolute atomic E-state index is 0.0638. The van der Waals surface area contributed by atoms with E-state index in [9.17, 15) is 4.39 Å². The van der Waals surface area contributed by atoms with Gasteiger partial charge in [-0.3, -0.25) is 5.84 Å². The van der Waals surface area contributed by atoms with Crippen LogP contribution >= 0.6 is 38.9 Å². The summed E-state index contributed by atoms with van der Waals surface area (Å²) in [6, 6.07) is 13.0. The first-order chi connectivity index (χ1) is 10.1. The molecular formula is C15H11BrClFN2S. The third-order valence-electron chi connectivity index (χ3n) is 3.27. The van der Waals surface area contributed by atoms with Crippen LogP contribution in [0.4, 0.5) is 4.39 Å². The molecule has 0 amide bonds. The Kier molecular flexibility index (Phi) is 4.28. The van der Waals surface area contributed by atoms with E-state index in [1.807, 2.05) is 30.3 Å². The van der Waals surface area contributed by atoms with Gasteiger partial charge in [0, 0.05) is 19.6 Å². The Labute approximate surface area is 138 Å². The maximum absolute atomic E-state index is 14.4. The van der Waals surface area contributed by atoms with E-state index >= 15 is 0 Å². The molecule has 2 nitrogen and oxygen atoms in total. The van der Waals surface area contributed by atoms with Gasteiger partial charge in [-0.25, -0.2) is 9.82 Å². The van der Waals surface area contributed by atoms with Crippen LogP contribution < -0.4 is 11.3 Å². The van der Waals surface area contributed by atoms with Gasteiger partial charge in [-0.2, -0.15) is 0 Å². The molecule has 0 fully saturated rings. The van der Waals surface area contributed by atoms with Gasteiger partial charge in [0.2, 0.25) is 0 Å². The van der Waals surface area contributed by atoms with Gasteiger partial charge in [0.25, 0.3) is 0 Å². The third-order valence-corrected chi connectivity index (χ3v) is 5.71. The predicted octanol–water partition coefficient (Wildman–Crippen LogP) is 5.01. The number of rotatable bonds is 3. The standard InChI is InChI=1S/C15H11BrClFN2S/c16-10-6-5-9(14(18)13(10)17)15(20-19)12-7-8-3-1-2-4-11(8)21-12/h1-7,15,20H,19H2. The number of benzene rings is 2. The highest BCUT2D eigenvalue weighted by atomic mass is 79.9. The van der Waals surface area contributed by atoms with Crippen molar-refractivity contribution >= 4 is 49.0 Å². The van der Waals surface area contributed by atoms with Crippen LogP contribution in [0.5, 0.6) is 0 Å². The Hall–Kier alpha value is -0.980. The van der Waals surface area contributed by atoms with E-state index < -0.39 is 11.9 Å². The van der Waals surface area contributed by atoms with E-state index in [0.29, 0.717) is 10.0 Å². The molecule has 0 spiro atoms. The Bertz CT molecular complexity index is 772. The van der Waals surface area contributed by atoms with Gasteiger partial charge in [-0.15, -0.1) is 11.3 Å². The van der Waals surface area contributed by atoms with Gasteiger partial charge >= 0.3 is 0 Å². The molecule has 6 heteroatoms. The van der Waals surface area contributed by atoms with Crippen LogP contribution in [-0.2, 0) is 0 Å². The molecule has 0 bridgehead atoms. The largest absolute Gasteiger partial charge is 0.271 e. The molecule has 0 aliphatic rings. The topological polar surface area (TPSA) is 38.0 Å². The molecule has 0 saturated carbocycles. The highest BCUT2D eigenvalue weighted by molar-refractivity contribution is 9.10. The first-order valence-electron chi connectivity index (χ1n) is 6.20. The van der Waals surface area contributed by atoms with E-state index in [2.05, 4.69) is 21.4 Å². The van der Waals surface area contributed by atoms with Crippen molar-refractivity contribution in [2.45, 2.75) is 6.04 Å². The Morgan fingerprint density at radius 1 is 1.24 bits per heavy atom. The molecule has 1 heterocycles. The number of fused-ring (bicyclic) bond motifs is 1.